The highest BCUT2D eigenvalue weighted by Gasteiger charge is 2.24. The molecule has 1 saturated carbocycles. The fourth-order valence-electron chi connectivity index (χ4n) is 2.68. The van der Waals surface area contributed by atoms with Gasteiger partial charge in [-0.05, 0) is 37.1 Å². The summed E-state index contributed by atoms with van der Waals surface area (Å²) in [5, 5.41) is 21.4. The van der Waals surface area contributed by atoms with Gasteiger partial charge in [0.1, 0.15) is 17.4 Å². The van der Waals surface area contributed by atoms with Gasteiger partial charge in [-0.2, -0.15) is 5.26 Å². The summed E-state index contributed by atoms with van der Waals surface area (Å²) in [7, 11) is 1.77. The van der Waals surface area contributed by atoms with Gasteiger partial charge >= 0.3 is 0 Å². The molecular weight excluding hydrogens is 278 g/mol. The van der Waals surface area contributed by atoms with Gasteiger partial charge in [0.05, 0.1) is 0 Å². The summed E-state index contributed by atoms with van der Waals surface area (Å²) < 4.78 is 0. The average molecular weight is 299 g/mol. The molecule has 2 N–H and O–H groups in total. The standard InChI is InChI=1S/C17H21N3O2/c1-20(15-5-3-2-4-6-15)17(22)13(11-18)12-19-14-7-9-16(21)10-8-14/h7-10,12,15,19,21H,2-6H2,1H3/b13-12-. The van der Waals surface area contributed by atoms with E-state index < -0.39 is 0 Å². The van der Waals surface area contributed by atoms with Crippen LogP contribution in [0.25, 0.3) is 0 Å². The third-order valence-corrected chi connectivity index (χ3v) is 4.04. The number of amides is 1. The molecule has 1 aliphatic carbocycles. The van der Waals surface area contributed by atoms with Gasteiger partial charge in [-0.1, -0.05) is 19.3 Å². The van der Waals surface area contributed by atoms with Crippen LogP contribution in [0.2, 0.25) is 0 Å². The molecule has 0 atom stereocenters. The third-order valence-electron chi connectivity index (χ3n) is 4.04. The molecule has 116 valence electrons. The topological polar surface area (TPSA) is 76.4 Å². The quantitative estimate of drug-likeness (QED) is 0.509. The molecule has 0 radical (unpaired) electrons. The molecule has 0 bridgehead atoms. The maximum Gasteiger partial charge on any atom is 0.266 e. The van der Waals surface area contributed by atoms with Gasteiger partial charge in [-0.3, -0.25) is 4.79 Å². The largest absolute Gasteiger partial charge is 0.508 e. The minimum Gasteiger partial charge on any atom is -0.508 e. The number of hydrogen-bond acceptors (Lipinski definition) is 4. The molecule has 1 aromatic rings. The van der Waals surface area contributed by atoms with Crippen molar-refractivity contribution in [2.75, 3.05) is 12.4 Å². The van der Waals surface area contributed by atoms with Gasteiger partial charge < -0.3 is 15.3 Å². The van der Waals surface area contributed by atoms with Crippen molar-refractivity contribution in [2.24, 2.45) is 0 Å². The molecule has 5 nitrogen and oxygen atoms in total. The SMILES string of the molecule is CN(C(=O)/C(C#N)=C\Nc1ccc(O)cc1)C1CCCCC1. The number of carbonyl (C=O) groups excluding carboxylic acids is 1. The lowest BCUT2D eigenvalue weighted by atomic mass is 9.94. The van der Waals surface area contributed by atoms with Crippen molar-refractivity contribution >= 4 is 11.6 Å². The number of nitrogens with zero attached hydrogens (tertiary/aromatic N) is 2. The molecular formula is C17H21N3O2. The number of hydrogen-bond donors (Lipinski definition) is 2. The summed E-state index contributed by atoms with van der Waals surface area (Å²) in [6, 6.07) is 8.62. The average Bonchev–Trinajstić information content (AvgIpc) is 2.57. The molecule has 1 amide bonds. The molecule has 0 aromatic heterocycles. The molecule has 1 aliphatic rings. The Morgan fingerprint density at radius 3 is 2.55 bits per heavy atom. The van der Waals surface area contributed by atoms with E-state index in [-0.39, 0.29) is 23.3 Å². The molecule has 1 aromatic carbocycles. The summed E-state index contributed by atoms with van der Waals surface area (Å²) >= 11 is 0. The number of carbonyl (C=O) groups is 1. The van der Waals surface area contributed by atoms with Crippen molar-refractivity contribution in [3.8, 4) is 11.8 Å². The molecule has 22 heavy (non-hydrogen) atoms. The number of phenols is 1. The Balaban J connectivity index is 2.03. The molecule has 1 fully saturated rings. The maximum atomic E-state index is 12.4. The van der Waals surface area contributed by atoms with E-state index in [0.29, 0.717) is 5.69 Å². The summed E-state index contributed by atoms with van der Waals surface area (Å²) in [5.41, 5.74) is 0.791. The fraction of sp³-hybridized carbons (Fsp3) is 0.412. The van der Waals surface area contributed by atoms with Crippen LogP contribution < -0.4 is 5.32 Å². The number of nitrogens with one attached hydrogen (secondary N) is 1. The number of benzene rings is 1. The van der Waals surface area contributed by atoms with Crippen molar-refractivity contribution in [1.82, 2.24) is 4.90 Å². The molecule has 0 aliphatic heterocycles. The number of aromatic hydroxyl groups is 1. The van der Waals surface area contributed by atoms with Crippen molar-refractivity contribution < 1.29 is 9.90 Å². The highest BCUT2D eigenvalue weighted by molar-refractivity contribution is 5.97. The van der Waals surface area contributed by atoms with Crippen LogP contribution in [0.3, 0.4) is 0 Å². The van der Waals surface area contributed by atoms with E-state index in [0.717, 1.165) is 25.7 Å². The normalized spacial score (nSPS) is 15.9. The first-order valence-electron chi connectivity index (χ1n) is 7.55. The zero-order valence-electron chi connectivity index (χ0n) is 12.7. The first kappa shape index (κ1) is 15.9. The van der Waals surface area contributed by atoms with Gasteiger partial charge in [-0.15, -0.1) is 0 Å². The van der Waals surface area contributed by atoms with Gasteiger partial charge in [0, 0.05) is 25.0 Å². The number of phenolic OH excluding ortho intramolecular Hbond substituents is 1. The molecule has 0 saturated heterocycles. The van der Waals surface area contributed by atoms with Crippen LogP contribution in [0, 0.1) is 11.3 Å². The minimum absolute atomic E-state index is 0.0844. The first-order chi connectivity index (χ1) is 10.6. The monoisotopic (exact) mass is 299 g/mol. The van der Waals surface area contributed by atoms with Crippen LogP contribution in [-0.4, -0.2) is 29.0 Å². The predicted molar refractivity (Wildman–Crippen MR) is 85.1 cm³/mol. The lowest BCUT2D eigenvalue weighted by molar-refractivity contribution is -0.128. The van der Waals surface area contributed by atoms with Gasteiger partial charge in [0.25, 0.3) is 5.91 Å². The van der Waals surface area contributed by atoms with Crippen LogP contribution in [0.1, 0.15) is 32.1 Å². The second-order valence-corrected chi connectivity index (χ2v) is 5.57. The third kappa shape index (κ3) is 4.01. The highest BCUT2D eigenvalue weighted by atomic mass is 16.3. The number of nitriles is 1. The van der Waals surface area contributed by atoms with E-state index in [1.54, 1.807) is 24.1 Å². The first-order valence-corrected chi connectivity index (χ1v) is 7.55. The van der Waals surface area contributed by atoms with E-state index in [9.17, 15) is 15.2 Å². The van der Waals surface area contributed by atoms with E-state index in [2.05, 4.69) is 5.32 Å². The molecule has 0 unspecified atom stereocenters. The van der Waals surface area contributed by atoms with Crippen LogP contribution in [-0.2, 0) is 4.79 Å². The van der Waals surface area contributed by atoms with Crippen molar-refractivity contribution in [3.05, 3.63) is 36.0 Å². The second-order valence-electron chi connectivity index (χ2n) is 5.57. The zero-order chi connectivity index (χ0) is 15.9. The van der Waals surface area contributed by atoms with Crippen molar-refractivity contribution in [2.45, 2.75) is 38.1 Å². The Morgan fingerprint density at radius 1 is 1.32 bits per heavy atom. The van der Waals surface area contributed by atoms with Crippen LogP contribution in [0.15, 0.2) is 36.0 Å². The van der Waals surface area contributed by atoms with Crippen LogP contribution >= 0.6 is 0 Å². The van der Waals surface area contributed by atoms with Crippen LogP contribution in [0.4, 0.5) is 5.69 Å². The smallest absolute Gasteiger partial charge is 0.266 e. The van der Waals surface area contributed by atoms with E-state index >= 15 is 0 Å². The summed E-state index contributed by atoms with van der Waals surface area (Å²) in [6.45, 7) is 0. The summed E-state index contributed by atoms with van der Waals surface area (Å²) in [4.78, 5) is 14.1. The maximum absolute atomic E-state index is 12.4. The van der Waals surface area contributed by atoms with E-state index in [4.69, 9.17) is 0 Å². The highest BCUT2D eigenvalue weighted by Crippen LogP contribution is 2.22. The van der Waals surface area contributed by atoms with Crippen molar-refractivity contribution in [3.63, 3.8) is 0 Å². The Morgan fingerprint density at radius 2 is 1.95 bits per heavy atom. The van der Waals surface area contributed by atoms with Crippen LogP contribution in [0.5, 0.6) is 5.75 Å². The summed E-state index contributed by atoms with van der Waals surface area (Å²) in [6.07, 6.45) is 6.94. The zero-order valence-corrected chi connectivity index (χ0v) is 12.7. The Hall–Kier alpha value is -2.48. The molecule has 0 spiro atoms. The Kier molecular flexibility index (Phi) is 5.42. The number of anilines is 1. The Bertz CT molecular complexity index is 581. The van der Waals surface area contributed by atoms with E-state index in [1.807, 2.05) is 6.07 Å². The lowest BCUT2D eigenvalue weighted by Gasteiger charge is -2.31. The summed E-state index contributed by atoms with van der Waals surface area (Å²) in [5.74, 6) is -0.0798. The predicted octanol–water partition coefficient (Wildman–Crippen LogP) is 3.00. The lowest BCUT2D eigenvalue weighted by Crippen LogP contribution is -2.39. The second kappa shape index (κ2) is 7.51. The number of likely N-dealkylation sites (N-methyl/N-ethyl adjacent to an activating group) is 1. The van der Waals surface area contributed by atoms with Gasteiger partial charge in [0.15, 0.2) is 0 Å². The fourth-order valence-corrected chi connectivity index (χ4v) is 2.68. The molecule has 5 heteroatoms. The number of rotatable bonds is 4. The van der Waals surface area contributed by atoms with E-state index in [1.165, 1.54) is 24.8 Å². The minimum atomic E-state index is -0.249. The van der Waals surface area contributed by atoms with Crippen molar-refractivity contribution in [1.29, 1.82) is 5.26 Å². The molecule has 0 heterocycles. The van der Waals surface area contributed by atoms with Gasteiger partial charge in [-0.25, -0.2) is 0 Å². The Labute approximate surface area is 130 Å². The van der Waals surface area contributed by atoms with Gasteiger partial charge in [0.2, 0.25) is 0 Å². The molecule has 2 rings (SSSR count).